The van der Waals surface area contributed by atoms with E-state index < -0.39 is 5.24 Å². The van der Waals surface area contributed by atoms with Gasteiger partial charge < -0.3 is 4.57 Å². The molecule has 0 bridgehead atoms. The maximum Gasteiger partial charge on any atom is 0.264 e. The van der Waals surface area contributed by atoms with E-state index in [0.29, 0.717) is 10.8 Å². The first-order valence-corrected chi connectivity index (χ1v) is 7.69. The average Bonchev–Trinajstić information content (AvgIpc) is 3.05. The lowest BCUT2D eigenvalue weighted by atomic mass is 10.2. The van der Waals surface area contributed by atoms with E-state index in [0.717, 1.165) is 21.5 Å². The Hall–Kier alpha value is -1.65. The fourth-order valence-corrected chi connectivity index (χ4v) is 3.71. The highest BCUT2D eigenvalue weighted by atomic mass is 35.5. The van der Waals surface area contributed by atoms with Gasteiger partial charge >= 0.3 is 0 Å². The molecule has 0 radical (unpaired) electrons. The van der Waals surface area contributed by atoms with Gasteiger partial charge in [0.05, 0.1) is 17.7 Å². The summed E-state index contributed by atoms with van der Waals surface area (Å²) >= 11 is 7.18. The van der Waals surface area contributed by atoms with Crippen LogP contribution >= 0.6 is 22.9 Å². The van der Waals surface area contributed by atoms with Gasteiger partial charge in [-0.2, -0.15) is 0 Å². The number of halogens is 1. The van der Waals surface area contributed by atoms with Crippen molar-refractivity contribution in [2.45, 2.75) is 18.8 Å². The molecule has 1 fully saturated rings. The van der Waals surface area contributed by atoms with Crippen molar-refractivity contribution in [2.75, 3.05) is 0 Å². The van der Waals surface area contributed by atoms with Gasteiger partial charge in [-0.3, -0.25) is 4.79 Å². The van der Waals surface area contributed by atoms with E-state index >= 15 is 0 Å². The summed E-state index contributed by atoms with van der Waals surface area (Å²) in [5, 5.41) is 0.629. The standard InChI is InChI=1S/C15H11ClN2OS/c16-15(19)14-13(10-3-1-2-4-12(10)20-14)18-7-11(17-8-18)9-5-6-9/h1-4,7-9H,5-6H2. The van der Waals surface area contributed by atoms with Gasteiger partial charge in [-0.1, -0.05) is 18.2 Å². The van der Waals surface area contributed by atoms with Crippen LogP contribution in [0.2, 0.25) is 0 Å². The lowest BCUT2D eigenvalue weighted by Crippen LogP contribution is -1.96. The first-order chi connectivity index (χ1) is 9.74. The highest BCUT2D eigenvalue weighted by molar-refractivity contribution is 7.22. The van der Waals surface area contributed by atoms with E-state index in [4.69, 9.17) is 11.6 Å². The van der Waals surface area contributed by atoms with Gasteiger partial charge in [0.25, 0.3) is 5.24 Å². The molecule has 0 N–H and O–H groups in total. The number of aromatic nitrogens is 2. The second kappa shape index (κ2) is 4.43. The van der Waals surface area contributed by atoms with E-state index in [1.165, 1.54) is 24.2 Å². The summed E-state index contributed by atoms with van der Waals surface area (Å²) in [6.07, 6.45) is 6.23. The van der Waals surface area contributed by atoms with Crippen LogP contribution in [-0.2, 0) is 0 Å². The number of carbonyl (C=O) groups is 1. The number of carbonyl (C=O) groups excluding carboxylic acids is 1. The van der Waals surface area contributed by atoms with Gasteiger partial charge in [-0.05, 0) is 30.5 Å². The molecule has 2 heterocycles. The minimum atomic E-state index is -0.414. The average molecular weight is 303 g/mol. The molecule has 0 unspecified atom stereocenters. The predicted molar refractivity (Wildman–Crippen MR) is 81.1 cm³/mol. The molecule has 2 aromatic heterocycles. The Bertz CT molecular complexity index is 816. The quantitative estimate of drug-likeness (QED) is 0.674. The minimum Gasteiger partial charge on any atom is -0.304 e. The third-order valence-corrected chi connectivity index (χ3v) is 5.06. The zero-order valence-electron chi connectivity index (χ0n) is 10.5. The molecule has 4 rings (SSSR count). The Kier molecular flexibility index (Phi) is 2.69. The van der Waals surface area contributed by atoms with Gasteiger partial charge in [0.1, 0.15) is 4.88 Å². The molecule has 0 saturated heterocycles. The minimum absolute atomic E-state index is 0.414. The summed E-state index contributed by atoms with van der Waals surface area (Å²) < 4.78 is 3.00. The van der Waals surface area contributed by atoms with Crippen molar-refractivity contribution in [2.24, 2.45) is 0 Å². The van der Waals surface area contributed by atoms with Crippen molar-refractivity contribution in [3.63, 3.8) is 0 Å². The van der Waals surface area contributed by atoms with Gasteiger partial charge in [-0.15, -0.1) is 11.3 Å². The van der Waals surface area contributed by atoms with Crippen molar-refractivity contribution in [1.29, 1.82) is 0 Å². The number of hydrogen-bond donors (Lipinski definition) is 0. The molecule has 0 aliphatic heterocycles. The van der Waals surface area contributed by atoms with Crippen LogP contribution in [-0.4, -0.2) is 14.8 Å². The largest absolute Gasteiger partial charge is 0.304 e. The molecule has 100 valence electrons. The van der Waals surface area contributed by atoms with Crippen molar-refractivity contribution < 1.29 is 4.79 Å². The summed E-state index contributed by atoms with van der Waals surface area (Å²) in [6.45, 7) is 0. The first-order valence-electron chi connectivity index (χ1n) is 6.49. The Morgan fingerprint density at radius 3 is 2.90 bits per heavy atom. The zero-order valence-corrected chi connectivity index (χ0v) is 12.1. The second-order valence-corrected chi connectivity index (χ2v) is 6.43. The molecule has 0 amide bonds. The normalized spacial score (nSPS) is 14.8. The zero-order chi connectivity index (χ0) is 13.7. The third kappa shape index (κ3) is 1.87. The SMILES string of the molecule is O=C(Cl)c1sc2ccccc2c1-n1cnc(C2CC2)c1. The number of hydrogen-bond acceptors (Lipinski definition) is 3. The van der Waals surface area contributed by atoms with Crippen LogP contribution in [0.1, 0.15) is 34.1 Å². The summed E-state index contributed by atoms with van der Waals surface area (Å²) in [5.74, 6) is 0.594. The van der Waals surface area contributed by atoms with E-state index in [1.54, 1.807) is 6.33 Å². The maximum absolute atomic E-state index is 11.7. The number of imidazole rings is 1. The Morgan fingerprint density at radius 1 is 1.35 bits per heavy atom. The Balaban J connectivity index is 1.95. The molecule has 0 spiro atoms. The lowest BCUT2D eigenvalue weighted by Gasteiger charge is -2.02. The van der Waals surface area contributed by atoms with Gasteiger partial charge in [-0.25, -0.2) is 4.98 Å². The molecule has 20 heavy (non-hydrogen) atoms. The van der Waals surface area contributed by atoms with Crippen LogP contribution in [0, 0.1) is 0 Å². The van der Waals surface area contributed by atoms with Crippen molar-refractivity contribution in [1.82, 2.24) is 9.55 Å². The predicted octanol–water partition coefficient (Wildman–Crippen LogP) is 4.34. The Morgan fingerprint density at radius 2 is 2.15 bits per heavy atom. The molecule has 5 heteroatoms. The van der Waals surface area contributed by atoms with Crippen LogP contribution < -0.4 is 0 Å². The number of rotatable bonds is 3. The van der Waals surface area contributed by atoms with Gasteiger partial charge in [0.2, 0.25) is 0 Å². The van der Waals surface area contributed by atoms with Gasteiger partial charge in [0.15, 0.2) is 0 Å². The molecule has 3 aromatic rings. The van der Waals surface area contributed by atoms with Crippen LogP contribution in [0.25, 0.3) is 15.8 Å². The van der Waals surface area contributed by atoms with E-state index in [-0.39, 0.29) is 0 Å². The van der Waals surface area contributed by atoms with Gasteiger partial charge in [0, 0.05) is 22.2 Å². The molecule has 0 atom stereocenters. The molecule has 1 aromatic carbocycles. The summed E-state index contributed by atoms with van der Waals surface area (Å²) in [5.41, 5.74) is 1.96. The molecular formula is C15H11ClN2OS. The second-order valence-electron chi connectivity index (χ2n) is 5.03. The Labute approximate surface area is 124 Å². The third-order valence-electron chi connectivity index (χ3n) is 3.60. The van der Waals surface area contributed by atoms with Crippen molar-refractivity contribution >= 4 is 38.3 Å². The van der Waals surface area contributed by atoms with Crippen molar-refractivity contribution in [3.05, 3.63) is 47.4 Å². The van der Waals surface area contributed by atoms with Crippen LogP contribution in [0.4, 0.5) is 0 Å². The highest BCUT2D eigenvalue weighted by Gasteiger charge is 2.27. The molecular weight excluding hydrogens is 292 g/mol. The number of nitrogens with zero attached hydrogens (tertiary/aromatic N) is 2. The van der Waals surface area contributed by atoms with Crippen LogP contribution in [0.3, 0.4) is 0 Å². The van der Waals surface area contributed by atoms with E-state index in [9.17, 15) is 4.79 Å². The molecule has 1 saturated carbocycles. The summed E-state index contributed by atoms with van der Waals surface area (Å²) in [6, 6.07) is 7.96. The first kappa shape index (κ1) is 12.1. The van der Waals surface area contributed by atoms with Crippen LogP contribution in [0.5, 0.6) is 0 Å². The van der Waals surface area contributed by atoms with Crippen molar-refractivity contribution in [3.8, 4) is 5.69 Å². The monoisotopic (exact) mass is 302 g/mol. The molecule has 3 nitrogen and oxygen atoms in total. The highest BCUT2D eigenvalue weighted by Crippen LogP contribution is 2.40. The fourth-order valence-electron chi connectivity index (χ4n) is 2.47. The summed E-state index contributed by atoms with van der Waals surface area (Å²) in [4.78, 5) is 16.7. The topological polar surface area (TPSA) is 34.9 Å². The van der Waals surface area contributed by atoms with Crippen LogP contribution in [0.15, 0.2) is 36.8 Å². The number of benzene rings is 1. The van der Waals surface area contributed by atoms with E-state index in [2.05, 4.69) is 4.98 Å². The smallest absolute Gasteiger partial charge is 0.264 e. The number of thiophene rings is 1. The molecule has 1 aliphatic rings. The molecule has 1 aliphatic carbocycles. The summed E-state index contributed by atoms with van der Waals surface area (Å²) in [7, 11) is 0. The lowest BCUT2D eigenvalue weighted by molar-refractivity contribution is 0.108. The van der Waals surface area contributed by atoms with E-state index in [1.807, 2.05) is 35.0 Å². The fraction of sp³-hybridized carbons (Fsp3) is 0.200. The number of fused-ring (bicyclic) bond motifs is 1. The maximum atomic E-state index is 11.7.